The van der Waals surface area contributed by atoms with Crippen LogP contribution in [0.1, 0.15) is 54.8 Å². The molecule has 0 unspecified atom stereocenters. The third kappa shape index (κ3) is 4.86. The summed E-state index contributed by atoms with van der Waals surface area (Å²) in [5.74, 6) is 0. The molecule has 0 aliphatic heterocycles. The Bertz CT molecular complexity index is 694. The van der Waals surface area contributed by atoms with Gasteiger partial charge in [0.15, 0.2) is 0 Å². The van der Waals surface area contributed by atoms with Crippen LogP contribution in [0.25, 0.3) is 0 Å². The van der Waals surface area contributed by atoms with Gasteiger partial charge in [-0.15, -0.1) is 0 Å². The third-order valence-corrected chi connectivity index (χ3v) is 4.93. The molecule has 0 bridgehead atoms. The van der Waals surface area contributed by atoms with Crippen molar-refractivity contribution in [2.75, 3.05) is 13.1 Å². The molecule has 0 saturated carbocycles. The number of aromatic nitrogens is 2. The Morgan fingerprint density at radius 2 is 1.84 bits per heavy atom. The number of nitrogens with two attached hydrogens (primary N) is 1. The molecule has 2 N–H and O–H groups in total. The molecule has 2 rings (SSSR count). The Balaban J connectivity index is 2.32. The highest BCUT2D eigenvalue weighted by Crippen LogP contribution is 2.30. The molecule has 0 radical (unpaired) electrons. The van der Waals surface area contributed by atoms with Crippen molar-refractivity contribution in [2.45, 2.75) is 59.5 Å². The van der Waals surface area contributed by atoms with Gasteiger partial charge in [0, 0.05) is 18.9 Å². The van der Waals surface area contributed by atoms with E-state index in [0.717, 1.165) is 43.9 Å². The summed E-state index contributed by atoms with van der Waals surface area (Å²) in [7, 11) is 0. The van der Waals surface area contributed by atoms with Crippen LogP contribution in [0.4, 0.5) is 0 Å². The van der Waals surface area contributed by atoms with E-state index in [-0.39, 0.29) is 5.54 Å². The summed E-state index contributed by atoms with van der Waals surface area (Å²) in [4.78, 5) is 11.9. The van der Waals surface area contributed by atoms with Crippen molar-refractivity contribution in [3.63, 3.8) is 0 Å². The molecular weight excluding hydrogens is 308 g/mol. The smallest absolute Gasteiger partial charge is 0.0630 e. The molecule has 2 aromatic rings. The first-order valence-electron chi connectivity index (χ1n) is 9.15. The molecule has 0 amide bonds. The predicted molar refractivity (Wildman–Crippen MR) is 104 cm³/mol. The maximum Gasteiger partial charge on any atom is 0.0630 e. The van der Waals surface area contributed by atoms with Gasteiger partial charge in [0.25, 0.3) is 0 Å². The maximum atomic E-state index is 5.71. The molecule has 0 fully saturated rings. The van der Waals surface area contributed by atoms with Gasteiger partial charge in [-0.1, -0.05) is 12.1 Å². The van der Waals surface area contributed by atoms with Crippen molar-refractivity contribution in [1.29, 1.82) is 0 Å². The Morgan fingerprint density at radius 1 is 1.08 bits per heavy atom. The molecule has 0 aliphatic carbocycles. The third-order valence-electron chi connectivity index (χ3n) is 4.93. The van der Waals surface area contributed by atoms with E-state index in [1.165, 1.54) is 16.7 Å². The van der Waals surface area contributed by atoms with Gasteiger partial charge in [-0.3, -0.25) is 14.9 Å². The van der Waals surface area contributed by atoms with Crippen LogP contribution in [0.2, 0.25) is 0 Å². The lowest BCUT2D eigenvalue weighted by molar-refractivity contribution is 0.101. The molecule has 2 aromatic heterocycles. The first kappa shape index (κ1) is 19.5. The molecule has 25 heavy (non-hydrogen) atoms. The first-order valence-corrected chi connectivity index (χ1v) is 9.15. The number of hydrogen-bond donors (Lipinski definition) is 1. The molecule has 0 aromatic carbocycles. The zero-order chi connectivity index (χ0) is 18.4. The van der Waals surface area contributed by atoms with Gasteiger partial charge < -0.3 is 5.73 Å². The van der Waals surface area contributed by atoms with Crippen LogP contribution in [-0.4, -0.2) is 28.0 Å². The minimum Gasteiger partial charge on any atom is -0.330 e. The Kier molecular flexibility index (Phi) is 6.68. The van der Waals surface area contributed by atoms with E-state index in [4.69, 9.17) is 10.7 Å². The van der Waals surface area contributed by atoms with Crippen molar-refractivity contribution in [2.24, 2.45) is 5.73 Å². The number of unbranched alkanes of at least 4 members (excludes halogenated alkanes) is 1. The second kappa shape index (κ2) is 8.54. The molecule has 0 spiro atoms. The molecule has 0 atom stereocenters. The largest absolute Gasteiger partial charge is 0.330 e. The lowest BCUT2D eigenvalue weighted by Crippen LogP contribution is -2.43. The van der Waals surface area contributed by atoms with Gasteiger partial charge in [0.05, 0.1) is 16.9 Å². The highest BCUT2D eigenvalue weighted by atomic mass is 15.2. The fourth-order valence-electron chi connectivity index (χ4n) is 3.37. The average molecular weight is 341 g/mol. The van der Waals surface area contributed by atoms with Crippen molar-refractivity contribution in [1.82, 2.24) is 14.9 Å². The van der Waals surface area contributed by atoms with Crippen LogP contribution < -0.4 is 5.73 Å². The summed E-state index contributed by atoms with van der Waals surface area (Å²) < 4.78 is 0. The van der Waals surface area contributed by atoms with Crippen LogP contribution in [0, 0.1) is 20.8 Å². The van der Waals surface area contributed by atoms with Crippen molar-refractivity contribution in [3.05, 3.63) is 58.7 Å². The number of rotatable bonds is 8. The van der Waals surface area contributed by atoms with Gasteiger partial charge >= 0.3 is 0 Å². The summed E-state index contributed by atoms with van der Waals surface area (Å²) in [6.07, 6.45) is 5.96. The molecule has 0 saturated heterocycles. The van der Waals surface area contributed by atoms with E-state index in [9.17, 15) is 0 Å². The molecular formula is C21H32N4. The van der Waals surface area contributed by atoms with Gasteiger partial charge in [-0.05, 0) is 83.3 Å². The van der Waals surface area contributed by atoms with Crippen LogP contribution in [0.5, 0.6) is 0 Å². The van der Waals surface area contributed by atoms with E-state index in [0.29, 0.717) is 0 Å². The van der Waals surface area contributed by atoms with Gasteiger partial charge in [0.1, 0.15) is 0 Å². The first-order chi connectivity index (χ1) is 11.9. The van der Waals surface area contributed by atoms with Gasteiger partial charge in [0.2, 0.25) is 0 Å². The topological polar surface area (TPSA) is 55.0 Å². The SMILES string of the molecule is Cc1cnc(CN(CCCCN)C(C)(C)c2ncccc2C)c(C)c1. The predicted octanol–water partition coefficient (Wildman–Crippen LogP) is 3.88. The van der Waals surface area contributed by atoms with Crippen molar-refractivity contribution < 1.29 is 0 Å². The monoisotopic (exact) mass is 340 g/mol. The molecule has 0 aliphatic rings. The molecule has 4 nitrogen and oxygen atoms in total. The minimum atomic E-state index is -0.168. The van der Waals surface area contributed by atoms with Crippen LogP contribution in [0.3, 0.4) is 0 Å². The Morgan fingerprint density at radius 3 is 2.48 bits per heavy atom. The minimum absolute atomic E-state index is 0.168. The maximum absolute atomic E-state index is 5.71. The van der Waals surface area contributed by atoms with Crippen molar-refractivity contribution >= 4 is 0 Å². The highest BCUT2D eigenvalue weighted by molar-refractivity contribution is 5.26. The second-order valence-corrected chi connectivity index (χ2v) is 7.42. The van der Waals surface area contributed by atoms with E-state index < -0.39 is 0 Å². The van der Waals surface area contributed by atoms with Gasteiger partial charge in [-0.25, -0.2) is 0 Å². The number of pyridine rings is 2. The fourth-order valence-corrected chi connectivity index (χ4v) is 3.37. The quantitative estimate of drug-likeness (QED) is 0.741. The average Bonchev–Trinajstić information content (AvgIpc) is 2.56. The van der Waals surface area contributed by atoms with Crippen molar-refractivity contribution in [3.8, 4) is 0 Å². The standard InChI is InChI=1S/C21H32N4/c1-16-13-18(3)19(24-14-16)15-25(12-7-6-10-22)21(4,5)20-17(2)9-8-11-23-20/h8-9,11,13-14H,6-7,10,12,15,22H2,1-5H3. The normalized spacial score (nSPS) is 12.0. The van der Waals surface area contributed by atoms with E-state index in [1.807, 2.05) is 18.5 Å². The number of aryl methyl sites for hydroxylation is 3. The zero-order valence-electron chi connectivity index (χ0n) is 16.3. The zero-order valence-corrected chi connectivity index (χ0v) is 16.3. The summed E-state index contributed by atoms with van der Waals surface area (Å²) in [5, 5.41) is 0. The molecule has 2 heterocycles. The molecule has 136 valence electrons. The lowest BCUT2D eigenvalue weighted by atomic mass is 9.92. The lowest BCUT2D eigenvalue weighted by Gasteiger charge is -2.39. The van der Waals surface area contributed by atoms with E-state index >= 15 is 0 Å². The summed E-state index contributed by atoms with van der Waals surface area (Å²) in [6, 6.07) is 6.34. The second-order valence-electron chi connectivity index (χ2n) is 7.42. The van der Waals surface area contributed by atoms with Gasteiger partial charge in [-0.2, -0.15) is 0 Å². The van der Waals surface area contributed by atoms with E-state index in [2.05, 4.69) is 56.6 Å². The van der Waals surface area contributed by atoms with Crippen LogP contribution in [-0.2, 0) is 12.1 Å². The summed E-state index contributed by atoms with van der Waals surface area (Å²) in [5.41, 5.74) is 11.5. The molecule has 4 heteroatoms. The Hall–Kier alpha value is -1.78. The van der Waals surface area contributed by atoms with Crippen LogP contribution >= 0.6 is 0 Å². The fraction of sp³-hybridized carbons (Fsp3) is 0.524. The summed E-state index contributed by atoms with van der Waals surface area (Å²) in [6.45, 7) is 13.4. The van der Waals surface area contributed by atoms with E-state index in [1.54, 1.807) is 0 Å². The summed E-state index contributed by atoms with van der Waals surface area (Å²) >= 11 is 0. The number of nitrogens with zero attached hydrogens (tertiary/aromatic N) is 3. The Labute approximate surface area is 152 Å². The number of hydrogen-bond acceptors (Lipinski definition) is 4. The van der Waals surface area contributed by atoms with Crippen LogP contribution in [0.15, 0.2) is 30.6 Å². The highest BCUT2D eigenvalue weighted by Gasteiger charge is 2.31.